The normalized spacial score (nSPS) is 34.1. The second-order valence-corrected chi connectivity index (χ2v) is 4.68. The van der Waals surface area contributed by atoms with Crippen molar-refractivity contribution >= 4 is 0 Å². The van der Waals surface area contributed by atoms with Gasteiger partial charge in [-0.1, -0.05) is 13.8 Å². The molecule has 1 saturated heterocycles. The van der Waals surface area contributed by atoms with Gasteiger partial charge in [-0.05, 0) is 13.8 Å². The van der Waals surface area contributed by atoms with E-state index in [0.29, 0.717) is 6.10 Å². The van der Waals surface area contributed by atoms with E-state index in [-0.39, 0.29) is 11.0 Å². The molecule has 1 heterocycles. The van der Waals surface area contributed by atoms with E-state index in [9.17, 15) is 0 Å². The summed E-state index contributed by atoms with van der Waals surface area (Å²) in [6, 6.07) is 0. The molecule has 0 amide bonds. The van der Waals surface area contributed by atoms with Gasteiger partial charge in [-0.2, -0.15) is 0 Å². The summed E-state index contributed by atoms with van der Waals surface area (Å²) in [5.41, 5.74) is 0.385. The number of methoxy groups -OCH3 is 1. The van der Waals surface area contributed by atoms with Crippen LogP contribution in [-0.4, -0.2) is 25.3 Å². The minimum Gasteiger partial charge on any atom is -0.379 e. The summed E-state index contributed by atoms with van der Waals surface area (Å²) in [6.45, 7) is 9.90. The van der Waals surface area contributed by atoms with Gasteiger partial charge in [0.2, 0.25) is 0 Å². The van der Waals surface area contributed by atoms with Crippen molar-refractivity contribution in [1.29, 1.82) is 0 Å². The maximum Gasteiger partial charge on any atom is 0.0810 e. The molecule has 1 rings (SSSR count). The van der Waals surface area contributed by atoms with Gasteiger partial charge in [0.05, 0.1) is 6.10 Å². The van der Waals surface area contributed by atoms with Crippen molar-refractivity contribution < 1.29 is 4.74 Å². The van der Waals surface area contributed by atoms with Crippen molar-refractivity contribution in [3.63, 3.8) is 0 Å². The minimum atomic E-state index is 0.123. The molecule has 0 aromatic carbocycles. The van der Waals surface area contributed by atoms with E-state index in [4.69, 9.17) is 4.74 Å². The standard InChI is InChI=1S/C9H19NO/c1-8(2)6-10-9(3,4)7(8)11-5/h7,10H,6H2,1-5H3. The Morgan fingerprint density at radius 3 is 2.00 bits per heavy atom. The third kappa shape index (κ3) is 1.42. The van der Waals surface area contributed by atoms with Crippen LogP contribution in [0.4, 0.5) is 0 Å². The lowest BCUT2D eigenvalue weighted by molar-refractivity contribution is 0.0000240. The molecule has 11 heavy (non-hydrogen) atoms. The molecule has 2 heteroatoms. The van der Waals surface area contributed by atoms with Crippen molar-refractivity contribution in [3.05, 3.63) is 0 Å². The van der Waals surface area contributed by atoms with Crippen LogP contribution in [0.15, 0.2) is 0 Å². The van der Waals surface area contributed by atoms with Gasteiger partial charge < -0.3 is 10.1 Å². The second-order valence-electron chi connectivity index (χ2n) is 4.68. The fraction of sp³-hybridized carbons (Fsp3) is 1.00. The lowest BCUT2D eigenvalue weighted by Gasteiger charge is -2.32. The van der Waals surface area contributed by atoms with Crippen molar-refractivity contribution in [2.75, 3.05) is 13.7 Å². The zero-order valence-electron chi connectivity index (χ0n) is 8.19. The summed E-state index contributed by atoms with van der Waals surface area (Å²) in [7, 11) is 1.79. The summed E-state index contributed by atoms with van der Waals surface area (Å²) in [5.74, 6) is 0. The Hall–Kier alpha value is -0.0800. The lowest BCUT2D eigenvalue weighted by atomic mass is 9.82. The van der Waals surface area contributed by atoms with Crippen LogP contribution in [-0.2, 0) is 4.74 Å². The number of hydrogen-bond donors (Lipinski definition) is 1. The summed E-state index contributed by atoms with van der Waals surface area (Å²) in [6.07, 6.45) is 0.315. The van der Waals surface area contributed by atoms with E-state index in [1.165, 1.54) is 0 Å². The molecule has 1 aliphatic rings. The van der Waals surface area contributed by atoms with Crippen molar-refractivity contribution in [3.8, 4) is 0 Å². The summed E-state index contributed by atoms with van der Waals surface area (Å²) >= 11 is 0. The largest absolute Gasteiger partial charge is 0.379 e. The predicted octanol–water partition coefficient (Wildman–Crippen LogP) is 1.41. The molecule has 0 aromatic heterocycles. The Kier molecular flexibility index (Phi) is 2.01. The van der Waals surface area contributed by atoms with Gasteiger partial charge in [-0.3, -0.25) is 0 Å². The van der Waals surface area contributed by atoms with E-state index in [2.05, 4.69) is 33.0 Å². The third-order valence-electron chi connectivity index (χ3n) is 2.60. The maximum absolute atomic E-state index is 5.48. The van der Waals surface area contributed by atoms with Crippen LogP contribution in [0.2, 0.25) is 0 Å². The fourth-order valence-corrected chi connectivity index (χ4v) is 2.23. The summed E-state index contributed by atoms with van der Waals surface area (Å²) in [4.78, 5) is 0. The molecule has 0 saturated carbocycles. The quantitative estimate of drug-likeness (QED) is 0.621. The van der Waals surface area contributed by atoms with Crippen molar-refractivity contribution in [2.45, 2.75) is 39.3 Å². The molecule has 0 spiro atoms. The first kappa shape index (κ1) is 9.01. The molecule has 0 radical (unpaired) electrons. The van der Waals surface area contributed by atoms with Gasteiger partial charge in [0.25, 0.3) is 0 Å². The van der Waals surface area contributed by atoms with Crippen LogP contribution in [0.5, 0.6) is 0 Å². The van der Waals surface area contributed by atoms with Gasteiger partial charge >= 0.3 is 0 Å². The molecule has 1 N–H and O–H groups in total. The molecule has 1 unspecified atom stereocenters. The average molecular weight is 157 g/mol. The highest BCUT2D eigenvalue weighted by atomic mass is 16.5. The SMILES string of the molecule is COC1C(C)(C)CNC1(C)C. The minimum absolute atomic E-state index is 0.123. The van der Waals surface area contributed by atoms with Crippen LogP contribution in [0, 0.1) is 5.41 Å². The first-order valence-electron chi connectivity index (χ1n) is 4.18. The smallest absolute Gasteiger partial charge is 0.0810 e. The third-order valence-corrected chi connectivity index (χ3v) is 2.60. The van der Waals surface area contributed by atoms with E-state index >= 15 is 0 Å². The highest BCUT2D eigenvalue weighted by Crippen LogP contribution is 2.35. The second kappa shape index (κ2) is 2.46. The number of rotatable bonds is 1. The van der Waals surface area contributed by atoms with Gasteiger partial charge in [0, 0.05) is 24.6 Å². The Labute approximate surface area is 69.3 Å². The maximum atomic E-state index is 5.48. The molecule has 0 aliphatic carbocycles. The fourth-order valence-electron chi connectivity index (χ4n) is 2.23. The monoisotopic (exact) mass is 157 g/mol. The van der Waals surface area contributed by atoms with Gasteiger partial charge in [-0.25, -0.2) is 0 Å². The molecule has 1 atom stereocenters. The van der Waals surface area contributed by atoms with E-state index in [1.54, 1.807) is 7.11 Å². The predicted molar refractivity (Wildman–Crippen MR) is 46.7 cm³/mol. The molecule has 2 nitrogen and oxygen atoms in total. The molecule has 1 aliphatic heterocycles. The summed E-state index contributed by atoms with van der Waals surface area (Å²) < 4.78 is 5.48. The topological polar surface area (TPSA) is 21.3 Å². The summed E-state index contributed by atoms with van der Waals surface area (Å²) in [5, 5.41) is 3.46. The highest BCUT2D eigenvalue weighted by Gasteiger charge is 2.46. The highest BCUT2D eigenvalue weighted by molar-refractivity contribution is 5.03. The van der Waals surface area contributed by atoms with Crippen LogP contribution < -0.4 is 5.32 Å². The number of ether oxygens (including phenoxy) is 1. The molecule has 66 valence electrons. The number of hydrogen-bond acceptors (Lipinski definition) is 2. The molecule has 1 fully saturated rings. The van der Waals surface area contributed by atoms with E-state index in [0.717, 1.165) is 6.54 Å². The van der Waals surface area contributed by atoms with E-state index < -0.39 is 0 Å². The van der Waals surface area contributed by atoms with Gasteiger partial charge in [0.1, 0.15) is 0 Å². The van der Waals surface area contributed by atoms with Crippen molar-refractivity contribution in [2.24, 2.45) is 5.41 Å². The molecule has 0 bridgehead atoms. The first-order valence-corrected chi connectivity index (χ1v) is 4.18. The van der Waals surface area contributed by atoms with Crippen LogP contribution in [0.1, 0.15) is 27.7 Å². The Morgan fingerprint density at radius 1 is 1.27 bits per heavy atom. The Balaban J connectivity index is 2.80. The van der Waals surface area contributed by atoms with Gasteiger partial charge in [-0.15, -0.1) is 0 Å². The molecular weight excluding hydrogens is 138 g/mol. The van der Waals surface area contributed by atoms with Crippen LogP contribution in [0.3, 0.4) is 0 Å². The van der Waals surface area contributed by atoms with Crippen LogP contribution >= 0.6 is 0 Å². The van der Waals surface area contributed by atoms with E-state index in [1.807, 2.05) is 0 Å². The zero-order chi connectivity index (χ0) is 8.70. The van der Waals surface area contributed by atoms with Crippen LogP contribution in [0.25, 0.3) is 0 Å². The zero-order valence-corrected chi connectivity index (χ0v) is 8.19. The lowest BCUT2D eigenvalue weighted by Crippen LogP contribution is -2.44. The molecule has 0 aromatic rings. The number of nitrogens with one attached hydrogen (secondary N) is 1. The average Bonchev–Trinajstić information content (AvgIpc) is 2.03. The van der Waals surface area contributed by atoms with Crippen molar-refractivity contribution in [1.82, 2.24) is 5.32 Å². The Morgan fingerprint density at radius 2 is 1.82 bits per heavy atom. The van der Waals surface area contributed by atoms with Gasteiger partial charge in [0.15, 0.2) is 0 Å². The molecular formula is C9H19NO. The Bertz CT molecular complexity index is 136. The first-order chi connectivity index (χ1) is 4.90.